The molecule has 8 heteroatoms. The molecule has 0 saturated heterocycles. The Kier molecular flexibility index (Phi) is 31.0. The number of aryl methyl sites for hydroxylation is 4. The molecule has 0 atom stereocenters. The van der Waals surface area contributed by atoms with Gasteiger partial charge >= 0.3 is 0 Å². The highest BCUT2D eigenvalue weighted by molar-refractivity contribution is 7.24. The Hall–Kier alpha value is -5.58. The summed E-state index contributed by atoms with van der Waals surface area (Å²) in [6, 6.07) is 37.0. The molecule has 3 aromatic carbocycles. The normalized spacial score (nSPS) is 13.1. The van der Waals surface area contributed by atoms with E-state index in [1.165, 1.54) is 296 Å². The van der Waals surface area contributed by atoms with Crippen molar-refractivity contribution in [1.82, 2.24) is 0 Å². The molecule has 9 rings (SSSR count). The summed E-state index contributed by atoms with van der Waals surface area (Å²) in [5.74, 6) is 0. The van der Waals surface area contributed by atoms with Crippen LogP contribution in [0.3, 0.4) is 0 Å². The molecule has 0 aliphatic heterocycles. The molecule has 4 nitrogen and oxygen atoms in total. The molecule has 0 unspecified atom stereocenters. The first kappa shape index (κ1) is 74.6. The molecule has 0 amide bonds. The van der Waals surface area contributed by atoms with Gasteiger partial charge in [-0.15, -0.1) is 45.3 Å². The van der Waals surface area contributed by atoms with Gasteiger partial charge in [-0.05, 0) is 189 Å². The van der Waals surface area contributed by atoms with E-state index in [0.717, 1.165) is 71.9 Å². The summed E-state index contributed by atoms with van der Waals surface area (Å²) in [7, 11) is 0. The SMILES string of the molecule is CCCCCCCCCCCCc1csc(-c2cc(CCCCCCCCCCCC)c(-c3ccc4c(c3)C(C#N)(C#N)c3cc5c(cc3-4)C(C#N)(C#N)c3cc(-c4sc(-c6cc(CCCCCCCCCCCC)cs6)cc4CCCCCCCCCCCC)ccc3-5)s2)c1. The minimum Gasteiger partial charge on any atom is -0.196 e. The Labute approximate surface area is 598 Å². The highest BCUT2D eigenvalue weighted by Gasteiger charge is 2.50. The second-order valence-corrected chi connectivity index (χ2v) is 32.6. The van der Waals surface area contributed by atoms with Crippen LogP contribution in [0, 0.1) is 45.3 Å². The van der Waals surface area contributed by atoms with Crippen LogP contribution in [0.2, 0.25) is 0 Å². The van der Waals surface area contributed by atoms with Crippen LogP contribution in [0.25, 0.3) is 62.6 Å². The predicted molar refractivity (Wildman–Crippen MR) is 417 cm³/mol. The van der Waals surface area contributed by atoms with Gasteiger partial charge < -0.3 is 0 Å². The second-order valence-electron chi connectivity index (χ2n) is 28.7. The standard InChI is InChI=1S/C88H114N4S4/c1-5-9-13-17-21-25-29-33-37-41-45-67-53-81(93-61-67)83-57-69(47-43-39-35-31-27-23-19-15-11-7-3)85(95-83)71-49-51-73-75-59-80-76(60-79(75)87(63-89,64-90)77(73)55-71)74-52-50-72(56-78(74)88(80,65-91)66-92)86-70(48-44-40-36-32-28-24-20-16-12-8-4)58-84(96-86)82-54-68(62-94-82)46-42-38-34-30-26-22-18-14-10-6-2/h49-62H,5-48H2,1-4H3. The van der Waals surface area contributed by atoms with Crippen molar-refractivity contribution in [2.24, 2.45) is 0 Å². The quantitative estimate of drug-likeness (QED) is 0.0355. The van der Waals surface area contributed by atoms with Crippen molar-refractivity contribution in [3.8, 4) is 86.9 Å². The van der Waals surface area contributed by atoms with E-state index in [1.807, 2.05) is 57.5 Å². The van der Waals surface area contributed by atoms with Crippen LogP contribution >= 0.6 is 45.3 Å². The Balaban J connectivity index is 0.959. The minimum absolute atomic E-state index is 0.635. The summed E-state index contributed by atoms with van der Waals surface area (Å²) in [4.78, 5) is 7.67. The van der Waals surface area contributed by atoms with E-state index in [2.05, 4.69) is 123 Å². The van der Waals surface area contributed by atoms with E-state index in [0.29, 0.717) is 22.3 Å². The lowest BCUT2D eigenvalue weighted by atomic mass is 9.78. The van der Waals surface area contributed by atoms with E-state index in [-0.39, 0.29) is 0 Å². The fraction of sp³-hybridized carbons (Fsp3) is 0.568. The molecule has 0 N–H and O–H groups in total. The summed E-state index contributed by atoms with van der Waals surface area (Å²) >= 11 is 7.44. The Morgan fingerprint density at radius 1 is 0.281 bits per heavy atom. The van der Waals surface area contributed by atoms with Gasteiger partial charge in [0.15, 0.2) is 10.8 Å². The van der Waals surface area contributed by atoms with Gasteiger partial charge in [0.2, 0.25) is 0 Å². The number of thiophene rings is 4. The van der Waals surface area contributed by atoms with Gasteiger partial charge in [0.1, 0.15) is 0 Å². The smallest absolute Gasteiger partial charge is 0.194 e. The third kappa shape index (κ3) is 19.4. The van der Waals surface area contributed by atoms with E-state index >= 15 is 0 Å². The Morgan fingerprint density at radius 3 is 0.844 bits per heavy atom. The number of unbranched alkanes of at least 4 members (excludes halogenated alkanes) is 36. The molecule has 4 aromatic heterocycles. The van der Waals surface area contributed by atoms with E-state index in [9.17, 15) is 21.0 Å². The van der Waals surface area contributed by atoms with E-state index in [1.54, 1.807) is 0 Å². The van der Waals surface area contributed by atoms with Gasteiger partial charge in [0, 0.05) is 29.3 Å². The molecule has 0 spiro atoms. The highest BCUT2D eigenvalue weighted by atomic mass is 32.1. The molecule has 0 saturated carbocycles. The third-order valence-electron chi connectivity index (χ3n) is 21.2. The average Bonchev–Trinajstić information content (AvgIpc) is 1.53. The van der Waals surface area contributed by atoms with Gasteiger partial charge in [-0.25, -0.2) is 0 Å². The fourth-order valence-corrected chi connectivity index (χ4v) is 19.9. The number of hydrogen-bond donors (Lipinski definition) is 0. The molecule has 0 radical (unpaired) electrons. The summed E-state index contributed by atoms with van der Waals surface area (Å²) in [6.07, 6.45) is 56.9. The topological polar surface area (TPSA) is 95.2 Å². The molecular weight excluding hydrogens is 1240 g/mol. The average molecular weight is 1360 g/mol. The first-order valence-corrected chi connectivity index (χ1v) is 42.2. The lowest BCUT2D eigenvalue weighted by Crippen LogP contribution is -2.22. The van der Waals surface area contributed by atoms with E-state index in [4.69, 9.17) is 0 Å². The van der Waals surface area contributed by atoms with Crippen LogP contribution in [-0.2, 0) is 36.5 Å². The third-order valence-corrected chi connectivity index (χ3v) is 26.0. The zero-order valence-corrected chi connectivity index (χ0v) is 62.9. The molecule has 96 heavy (non-hydrogen) atoms. The Bertz CT molecular complexity index is 3410. The molecule has 2 aliphatic carbocycles. The highest BCUT2D eigenvalue weighted by Crippen LogP contribution is 2.58. The fourth-order valence-electron chi connectivity index (χ4n) is 15.4. The largest absolute Gasteiger partial charge is 0.196 e. The van der Waals surface area contributed by atoms with Crippen LogP contribution in [0.1, 0.15) is 329 Å². The maximum Gasteiger partial charge on any atom is 0.194 e. The number of nitrogens with zero attached hydrogens (tertiary/aromatic N) is 4. The first-order chi connectivity index (χ1) is 47.3. The maximum absolute atomic E-state index is 11.5. The summed E-state index contributed by atoms with van der Waals surface area (Å²) in [5.41, 5.74) is 10.3. The van der Waals surface area contributed by atoms with Crippen LogP contribution < -0.4 is 0 Å². The zero-order valence-electron chi connectivity index (χ0n) is 59.6. The summed E-state index contributed by atoms with van der Waals surface area (Å²) in [5, 5.41) is 50.7. The molecule has 510 valence electrons. The number of fused-ring (bicyclic) bond motifs is 6. The van der Waals surface area contributed by atoms with Gasteiger partial charge in [-0.1, -0.05) is 283 Å². The van der Waals surface area contributed by atoms with Crippen molar-refractivity contribution in [3.63, 3.8) is 0 Å². The second kappa shape index (κ2) is 39.9. The zero-order chi connectivity index (χ0) is 67.2. The van der Waals surface area contributed by atoms with Crippen molar-refractivity contribution < 1.29 is 0 Å². The number of rotatable bonds is 48. The Morgan fingerprint density at radius 2 is 0.552 bits per heavy atom. The summed E-state index contributed by atoms with van der Waals surface area (Å²) in [6.45, 7) is 9.16. The van der Waals surface area contributed by atoms with Crippen molar-refractivity contribution in [3.05, 3.63) is 128 Å². The summed E-state index contributed by atoms with van der Waals surface area (Å²) < 4.78 is 0. The van der Waals surface area contributed by atoms with Crippen LogP contribution in [0.15, 0.2) is 83.6 Å². The van der Waals surface area contributed by atoms with Gasteiger partial charge in [0.25, 0.3) is 0 Å². The number of benzene rings is 3. The molecular formula is C88H114N4S4. The van der Waals surface area contributed by atoms with Crippen molar-refractivity contribution >= 4 is 45.3 Å². The van der Waals surface area contributed by atoms with E-state index < -0.39 is 10.8 Å². The molecule has 0 fully saturated rings. The number of nitriles is 4. The maximum atomic E-state index is 11.5. The molecule has 2 aliphatic rings. The van der Waals surface area contributed by atoms with Crippen molar-refractivity contribution in [2.75, 3.05) is 0 Å². The molecule has 4 heterocycles. The van der Waals surface area contributed by atoms with Gasteiger partial charge in [-0.3, -0.25) is 0 Å². The predicted octanol–water partition coefficient (Wildman–Crippen LogP) is 29.1. The minimum atomic E-state index is -1.58. The van der Waals surface area contributed by atoms with Crippen LogP contribution in [0.5, 0.6) is 0 Å². The van der Waals surface area contributed by atoms with Crippen molar-refractivity contribution in [2.45, 2.75) is 321 Å². The van der Waals surface area contributed by atoms with Gasteiger partial charge in [-0.2, -0.15) is 21.0 Å². The lowest BCUT2D eigenvalue weighted by molar-refractivity contribution is 0.556. The van der Waals surface area contributed by atoms with Crippen molar-refractivity contribution in [1.29, 1.82) is 21.0 Å². The monoisotopic (exact) mass is 1350 g/mol. The molecule has 0 bridgehead atoms. The lowest BCUT2D eigenvalue weighted by Gasteiger charge is -2.18. The van der Waals surface area contributed by atoms with Crippen LogP contribution in [-0.4, -0.2) is 0 Å². The van der Waals surface area contributed by atoms with Crippen LogP contribution in [0.4, 0.5) is 0 Å². The number of hydrogen-bond acceptors (Lipinski definition) is 8. The van der Waals surface area contributed by atoms with Gasteiger partial charge in [0.05, 0.1) is 24.3 Å². The first-order valence-electron chi connectivity index (χ1n) is 38.9. The molecule has 7 aromatic rings.